The van der Waals surface area contributed by atoms with Crippen LogP contribution in [0.15, 0.2) is 24.3 Å². The lowest BCUT2D eigenvalue weighted by Gasteiger charge is -2.11. The number of nitriles is 2. The summed E-state index contributed by atoms with van der Waals surface area (Å²) in [7, 11) is 0. The van der Waals surface area contributed by atoms with Gasteiger partial charge in [0.25, 0.3) is 0 Å². The van der Waals surface area contributed by atoms with Crippen molar-refractivity contribution in [3.63, 3.8) is 0 Å². The number of hydrogen-bond acceptors (Lipinski definition) is 5. The standard InChI is InChI=1S/C14H9IN4O/c1-8-2-3-10(7-17)14(19-8)20-13-11(15)4-9(6-16)5-12(13)18/h2-5H,18H2,1H3. The fourth-order valence-electron chi connectivity index (χ4n) is 1.58. The average molecular weight is 376 g/mol. The van der Waals surface area contributed by atoms with Gasteiger partial charge in [0.05, 0.1) is 20.9 Å². The Morgan fingerprint density at radius 2 is 2.00 bits per heavy atom. The minimum absolute atomic E-state index is 0.210. The van der Waals surface area contributed by atoms with Gasteiger partial charge in [-0.05, 0) is 53.8 Å². The molecule has 1 aromatic heterocycles. The number of nitrogens with two attached hydrogens (primary N) is 1. The Labute approximate surface area is 129 Å². The number of nitrogens with zero attached hydrogens (tertiary/aromatic N) is 3. The van der Waals surface area contributed by atoms with Gasteiger partial charge in [-0.2, -0.15) is 10.5 Å². The molecule has 0 atom stereocenters. The second-order valence-corrected chi connectivity index (χ2v) is 5.17. The Morgan fingerprint density at radius 3 is 2.60 bits per heavy atom. The number of hydrogen-bond donors (Lipinski definition) is 1. The molecule has 0 aliphatic carbocycles. The van der Waals surface area contributed by atoms with Gasteiger partial charge in [0.1, 0.15) is 11.6 Å². The van der Waals surface area contributed by atoms with E-state index in [1.165, 1.54) is 6.07 Å². The molecule has 0 amide bonds. The van der Waals surface area contributed by atoms with Crippen molar-refractivity contribution in [2.45, 2.75) is 6.92 Å². The highest BCUT2D eigenvalue weighted by atomic mass is 127. The Hall–Kier alpha value is -2.32. The van der Waals surface area contributed by atoms with Gasteiger partial charge in [0.15, 0.2) is 5.75 Å². The lowest BCUT2D eigenvalue weighted by atomic mass is 10.2. The van der Waals surface area contributed by atoms with Crippen LogP contribution in [0.3, 0.4) is 0 Å². The van der Waals surface area contributed by atoms with E-state index in [1.54, 1.807) is 25.1 Å². The average Bonchev–Trinajstić information content (AvgIpc) is 2.42. The molecule has 2 rings (SSSR count). The highest BCUT2D eigenvalue weighted by Gasteiger charge is 2.13. The van der Waals surface area contributed by atoms with Crippen LogP contribution < -0.4 is 10.5 Å². The Kier molecular flexibility index (Phi) is 4.06. The third kappa shape index (κ3) is 2.81. The van der Waals surface area contributed by atoms with E-state index in [4.69, 9.17) is 21.0 Å². The second-order valence-electron chi connectivity index (χ2n) is 4.01. The number of benzene rings is 1. The highest BCUT2D eigenvalue weighted by Crippen LogP contribution is 2.34. The number of halogens is 1. The largest absolute Gasteiger partial charge is 0.434 e. The molecule has 20 heavy (non-hydrogen) atoms. The van der Waals surface area contributed by atoms with E-state index in [2.05, 4.69) is 4.98 Å². The summed E-state index contributed by atoms with van der Waals surface area (Å²) in [6.07, 6.45) is 0. The van der Waals surface area contributed by atoms with Crippen molar-refractivity contribution < 1.29 is 4.74 Å². The topological polar surface area (TPSA) is 95.7 Å². The molecule has 0 saturated heterocycles. The molecule has 0 unspecified atom stereocenters. The predicted octanol–water partition coefficient (Wildman–Crippen LogP) is 3.11. The fraction of sp³-hybridized carbons (Fsp3) is 0.0714. The van der Waals surface area contributed by atoms with Crippen molar-refractivity contribution in [3.05, 3.63) is 44.7 Å². The van der Waals surface area contributed by atoms with Crippen molar-refractivity contribution in [1.82, 2.24) is 4.98 Å². The molecule has 6 heteroatoms. The monoisotopic (exact) mass is 376 g/mol. The van der Waals surface area contributed by atoms with Crippen molar-refractivity contribution in [2.75, 3.05) is 5.73 Å². The number of aromatic nitrogens is 1. The third-order valence-electron chi connectivity index (χ3n) is 2.52. The van der Waals surface area contributed by atoms with Gasteiger partial charge in [-0.1, -0.05) is 0 Å². The van der Waals surface area contributed by atoms with Gasteiger partial charge in [-0.3, -0.25) is 0 Å². The molecular weight excluding hydrogens is 367 g/mol. The van der Waals surface area contributed by atoms with E-state index in [0.29, 0.717) is 26.1 Å². The Morgan fingerprint density at radius 1 is 1.25 bits per heavy atom. The maximum Gasteiger partial charge on any atom is 0.237 e. The van der Waals surface area contributed by atoms with E-state index in [0.717, 1.165) is 5.69 Å². The number of pyridine rings is 1. The summed E-state index contributed by atoms with van der Waals surface area (Å²) in [5.41, 5.74) is 7.74. The lowest BCUT2D eigenvalue weighted by Crippen LogP contribution is -1.99. The smallest absolute Gasteiger partial charge is 0.237 e. The highest BCUT2D eigenvalue weighted by molar-refractivity contribution is 14.1. The predicted molar refractivity (Wildman–Crippen MR) is 82.0 cm³/mol. The number of anilines is 1. The molecule has 98 valence electrons. The number of aryl methyl sites for hydroxylation is 1. The first-order chi connectivity index (χ1) is 9.55. The van der Waals surface area contributed by atoms with Crippen LogP contribution in [0.5, 0.6) is 11.6 Å². The molecule has 0 bridgehead atoms. The maximum atomic E-state index is 9.06. The lowest BCUT2D eigenvalue weighted by molar-refractivity contribution is 0.459. The summed E-state index contributed by atoms with van der Waals surface area (Å²) in [4.78, 5) is 4.20. The molecule has 1 heterocycles. The maximum absolute atomic E-state index is 9.06. The first kappa shape index (κ1) is 14.1. The van der Waals surface area contributed by atoms with E-state index in [1.807, 2.05) is 34.7 Å². The third-order valence-corrected chi connectivity index (χ3v) is 3.32. The molecular formula is C14H9IN4O. The molecule has 5 nitrogen and oxygen atoms in total. The van der Waals surface area contributed by atoms with Crippen LogP contribution in [0.2, 0.25) is 0 Å². The van der Waals surface area contributed by atoms with Gasteiger partial charge in [-0.25, -0.2) is 4.98 Å². The zero-order valence-corrected chi connectivity index (χ0v) is 12.7. The molecule has 0 aliphatic heterocycles. The van der Waals surface area contributed by atoms with Gasteiger partial charge < -0.3 is 10.5 Å². The van der Waals surface area contributed by atoms with Crippen LogP contribution in [-0.4, -0.2) is 4.98 Å². The summed E-state index contributed by atoms with van der Waals surface area (Å²) < 4.78 is 6.35. The van der Waals surface area contributed by atoms with Gasteiger partial charge in [0, 0.05) is 5.69 Å². The van der Waals surface area contributed by atoms with Gasteiger partial charge >= 0.3 is 0 Å². The summed E-state index contributed by atoms with van der Waals surface area (Å²) in [5.74, 6) is 0.612. The van der Waals surface area contributed by atoms with Crippen LogP contribution in [0.4, 0.5) is 5.69 Å². The zero-order chi connectivity index (χ0) is 14.7. The molecule has 0 aliphatic rings. The van der Waals surface area contributed by atoms with Gasteiger partial charge in [-0.15, -0.1) is 0 Å². The minimum atomic E-state index is 0.210. The van der Waals surface area contributed by atoms with Crippen LogP contribution in [0.25, 0.3) is 0 Å². The first-order valence-corrected chi connectivity index (χ1v) is 6.67. The molecule has 0 radical (unpaired) electrons. The van der Waals surface area contributed by atoms with Crippen LogP contribution in [-0.2, 0) is 0 Å². The van der Waals surface area contributed by atoms with Crippen LogP contribution >= 0.6 is 22.6 Å². The number of ether oxygens (including phenoxy) is 1. The Balaban J connectivity index is 2.49. The number of rotatable bonds is 2. The molecule has 0 saturated carbocycles. The molecule has 2 N–H and O–H groups in total. The van der Waals surface area contributed by atoms with Gasteiger partial charge in [0.2, 0.25) is 5.88 Å². The van der Waals surface area contributed by atoms with E-state index >= 15 is 0 Å². The van der Waals surface area contributed by atoms with Crippen molar-refractivity contribution in [3.8, 4) is 23.8 Å². The summed E-state index contributed by atoms with van der Waals surface area (Å²) in [6.45, 7) is 1.81. The SMILES string of the molecule is Cc1ccc(C#N)c(Oc2c(N)cc(C#N)cc2I)n1. The van der Waals surface area contributed by atoms with Crippen molar-refractivity contribution in [2.24, 2.45) is 0 Å². The molecule has 2 aromatic rings. The van der Waals surface area contributed by atoms with Crippen LogP contribution in [0.1, 0.15) is 16.8 Å². The van der Waals surface area contributed by atoms with E-state index in [-0.39, 0.29) is 5.88 Å². The minimum Gasteiger partial charge on any atom is -0.434 e. The Bertz CT molecular complexity index is 736. The fourth-order valence-corrected chi connectivity index (χ4v) is 2.34. The second kappa shape index (κ2) is 5.76. The summed E-state index contributed by atoms with van der Waals surface area (Å²) in [5, 5.41) is 17.9. The summed E-state index contributed by atoms with van der Waals surface area (Å²) in [6, 6.07) is 10.6. The van der Waals surface area contributed by atoms with Crippen LogP contribution in [0, 0.1) is 33.2 Å². The molecule has 0 spiro atoms. The normalized spacial score (nSPS) is 9.60. The first-order valence-electron chi connectivity index (χ1n) is 5.60. The van der Waals surface area contributed by atoms with E-state index < -0.39 is 0 Å². The summed E-state index contributed by atoms with van der Waals surface area (Å²) >= 11 is 2.03. The molecule has 0 fully saturated rings. The zero-order valence-electron chi connectivity index (χ0n) is 10.5. The number of nitrogen functional groups attached to an aromatic ring is 1. The van der Waals surface area contributed by atoms with E-state index in [9.17, 15) is 0 Å². The van der Waals surface area contributed by atoms with Crippen molar-refractivity contribution >= 4 is 28.3 Å². The quantitative estimate of drug-likeness (QED) is 0.642. The van der Waals surface area contributed by atoms with Crippen molar-refractivity contribution in [1.29, 1.82) is 10.5 Å². The molecule has 1 aromatic carbocycles.